The number of hydrogen-bond acceptors (Lipinski definition) is 8. The van der Waals surface area contributed by atoms with E-state index in [0.29, 0.717) is 17.9 Å². The van der Waals surface area contributed by atoms with Crippen LogP contribution in [0.5, 0.6) is 11.6 Å². The summed E-state index contributed by atoms with van der Waals surface area (Å²) in [5, 5.41) is 15.9. The Morgan fingerprint density at radius 3 is 2.89 bits per heavy atom. The molecule has 0 aliphatic heterocycles. The largest absolute Gasteiger partial charge is 0.434 e. The van der Waals surface area contributed by atoms with Gasteiger partial charge in [-0.2, -0.15) is 10.1 Å². The lowest BCUT2D eigenvalue weighted by Gasteiger charge is -2.13. The summed E-state index contributed by atoms with van der Waals surface area (Å²) in [6.07, 6.45) is 3.07. The molecule has 0 saturated carbocycles. The number of carbonyl (C=O) groups is 1. The van der Waals surface area contributed by atoms with Crippen molar-refractivity contribution in [2.75, 3.05) is 17.7 Å². The number of aliphatic hydroxyl groups excluding tert-OH is 1. The van der Waals surface area contributed by atoms with Crippen LogP contribution in [0.15, 0.2) is 30.6 Å². The van der Waals surface area contributed by atoms with Gasteiger partial charge in [0.2, 0.25) is 5.88 Å². The third kappa shape index (κ3) is 4.15. The highest BCUT2D eigenvalue weighted by Crippen LogP contribution is 2.29. The molecule has 3 rings (SSSR count). The van der Waals surface area contributed by atoms with Crippen molar-refractivity contribution in [3.05, 3.63) is 47.8 Å². The second-order valence-corrected chi connectivity index (χ2v) is 5.81. The normalized spacial score (nSPS) is 10.7. The van der Waals surface area contributed by atoms with Crippen molar-refractivity contribution < 1.29 is 19.0 Å². The first-order valence-electron chi connectivity index (χ1n) is 8.19. The van der Waals surface area contributed by atoms with E-state index in [2.05, 4.69) is 20.4 Å². The molecular weight excluding hydrogens is 369 g/mol. The molecular formula is C17H18FN7O3. The van der Waals surface area contributed by atoms with Gasteiger partial charge in [0.15, 0.2) is 23.1 Å². The summed E-state index contributed by atoms with van der Waals surface area (Å²) >= 11 is 0. The fourth-order valence-electron chi connectivity index (χ4n) is 2.35. The molecule has 2 heterocycles. The van der Waals surface area contributed by atoms with Crippen LogP contribution in [0.25, 0.3) is 0 Å². The zero-order valence-corrected chi connectivity index (χ0v) is 14.9. The molecule has 2 aromatic heterocycles. The summed E-state index contributed by atoms with van der Waals surface area (Å²) in [6, 6.07) is 3.87. The third-order valence-corrected chi connectivity index (χ3v) is 3.65. The Hall–Kier alpha value is -3.73. The van der Waals surface area contributed by atoms with Crippen LogP contribution >= 0.6 is 0 Å². The number of aromatic nitrogens is 4. The first-order chi connectivity index (χ1) is 13.4. The molecule has 0 unspecified atom stereocenters. The van der Waals surface area contributed by atoms with E-state index < -0.39 is 11.7 Å². The Morgan fingerprint density at radius 2 is 2.18 bits per heavy atom. The molecule has 0 bridgehead atoms. The van der Waals surface area contributed by atoms with Gasteiger partial charge in [-0.1, -0.05) is 0 Å². The number of ether oxygens (including phenoxy) is 1. The molecule has 0 spiro atoms. The van der Waals surface area contributed by atoms with E-state index in [9.17, 15) is 9.18 Å². The average Bonchev–Trinajstić information content (AvgIpc) is 3.08. The van der Waals surface area contributed by atoms with Gasteiger partial charge in [-0.15, -0.1) is 0 Å². The van der Waals surface area contributed by atoms with Gasteiger partial charge in [0.05, 0.1) is 25.0 Å². The minimum atomic E-state index is -0.803. The van der Waals surface area contributed by atoms with Gasteiger partial charge in [0.25, 0.3) is 5.91 Å². The zero-order chi connectivity index (χ0) is 20.3. The summed E-state index contributed by atoms with van der Waals surface area (Å²) in [4.78, 5) is 20.1. The number of nitrogens with two attached hydrogens (primary N) is 2. The van der Waals surface area contributed by atoms with Gasteiger partial charge >= 0.3 is 0 Å². The molecule has 28 heavy (non-hydrogen) atoms. The number of carbonyl (C=O) groups excluding carboxylic acids is 1. The van der Waals surface area contributed by atoms with Gasteiger partial charge in [-0.3, -0.25) is 9.48 Å². The average molecular weight is 387 g/mol. The smallest absolute Gasteiger partial charge is 0.271 e. The van der Waals surface area contributed by atoms with E-state index in [4.69, 9.17) is 21.3 Å². The topological polar surface area (TPSA) is 154 Å². The van der Waals surface area contributed by atoms with E-state index in [1.54, 1.807) is 13.1 Å². The summed E-state index contributed by atoms with van der Waals surface area (Å²) in [5.74, 6) is -1.58. The molecule has 0 aliphatic carbocycles. The number of nitrogen functional groups attached to an aromatic ring is 1. The van der Waals surface area contributed by atoms with Gasteiger partial charge in [-0.05, 0) is 19.1 Å². The second-order valence-electron chi connectivity index (χ2n) is 5.81. The first-order valence-corrected chi connectivity index (χ1v) is 8.19. The van der Waals surface area contributed by atoms with E-state index in [1.165, 1.54) is 29.1 Å². The SMILES string of the molecule is Cc1nc(C(N)=O)c(Nc2cnn(CCO)c2)nc1Oc1cc(N)ccc1F. The predicted molar refractivity (Wildman–Crippen MR) is 98.8 cm³/mol. The van der Waals surface area contributed by atoms with E-state index in [1.807, 2.05) is 0 Å². The van der Waals surface area contributed by atoms with Crippen molar-refractivity contribution in [2.24, 2.45) is 5.73 Å². The lowest BCUT2D eigenvalue weighted by Crippen LogP contribution is -2.17. The molecule has 0 atom stereocenters. The maximum Gasteiger partial charge on any atom is 0.271 e. The Labute approximate surface area is 159 Å². The molecule has 0 saturated heterocycles. The maximum atomic E-state index is 14.0. The molecule has 146 valence electrons. The van der Waals surface area contributed by atoms with Crippen LogP contribution in [0.3, 0.4) is 0 Å². The summed E-state index contributed by atoms with van der Waals surface area (Å²) in [5.41, 5.74) is 12.0. The number of nitrogens with one attached hydrogen (secondary N) is 1. The number of amides is 1. The zero-order valence-electron chi connectivity index (χ0n) is 14.9. The highest BCUT2D eigenvalue weighted by Gasteiger charge is 2.19. The molecule has 0 radical (unpaired) electrons. The summed E-state index contributed by atoms with van der Waals surface area (Å²) in [7, 11) is 0. The van der Waals surface area contributed by atoms with Gasteiger partial charge < -0.3 is 26.6 Å². The molecule has 0 aliphatic rings. The fraction of sp³-hybridized carbons (Fsp3) is 0.176. The Morgan fingerprint density at radius 1 is 1.39 bits per heavy atom. The van der Waals surface area contributed by atoms with Crippen LogP contribution in [-0.2, 0) is 6.54 Å². The third-order valence-electron chi connectivity index (χ3n) is 3.65. The van der Waals surface area contributed by atoms with Crippen LogP contribution in [0, 0.1) is 12.7 Å². The monoisotopic (exact) mass is 387 g/mol. The number of hydrogen-bond donors (Lipinski definition) is 4. The van der Waals surface area contributed by atoms with Crippen molar-refractivity contribution in [1.82, 2.24) is 19.7 Å². The highest BCUT2D eigenvalue weighted by atomic mass is 19.1. The van der Waals surface area contributed by atoms with Crippen molar-refractivity contribution in [3.63, 3.8) is 0 Å². The van der Waals surface area contributed by atoms with Crippen molar-refractivity contribution in [2.45, 2.75) is 13.5 Å². The lowest BCUT2D eigenvalue weighted by atomic mass is 10.3. The van der Waals surface area contributed by atoms with Crippen LogP contribution in [0.4, 0.5) is 21.6 Å². The van der Waals surface area contributed by atoms with Crippen molar-refractivity contribution in [3.8, 4) is 11.6 Å². The minimum absolute atomic E-state index is 0.0148. The minimum Gasteiger partial charge on any atom is -0.434 e. The Kier molecular flexibility index (Phi) is 5.36. The van der Waals surface area contributed by atoms with E-state index >= 15 is 0 Å². The van der Waals surface area contributed by atoms with Crippen LogP contribution < -0.4 is 21.5 Å². The standard InChI is InChI=1S/C17H18FN7O3/c1-9-17(28-13-6-10(19)2-3-12(13)18)24-16(14(22-9)15(20)27)23-11-7-21-25(8-11)4-5-26/h2-3,6-8,26H,4-5,19H2,1H3,(H2,20,27)(H,23,24). The number of benzene rings is 1. The quantitative estimate of drug-likeness (QED) is 0.443. The van der Waals surface area contributed by atoms with E-state index in [0.717, 1.165) is 0 Å². The number of anilines is 3. The van der Waals surface area contributed by atoms with Crippen molar-refractivity contribution in [1.29, 1.82) is 0 Å². The summed E-state index contributed by atoms with van der Waals surface area (Å²) in [6.45, 7) is 1.76. The van der Waals surface area contributed by atoms with E-state index in [-0.39, 0.29) is 35.4 Å². The van der Waals surface area contributed by atoms with Crippen LogP contribution in [0.2, 0.25) is 0 Å². The molecule has 6 N–H and O–H groups in total. The van der Waals surface area contributed by atoms with Crippen LogP contribution in [0.1, 0.15) is 16.2 Å². The molecule has 10 nitrogen and oxygen atoms in total. The maximum absolute atomic E-state index is 14.0. The number of rotatable bonds is 7. The molecule has 1 amide bonds. The number of aryl methyl sites for hydroxylation is 1. The first kappa shape index (κ1) is 19.0. The molecule has 0 fully saturated rings. The number of primary amides is 1. The molecule has 3 aromatic rings. The molecule has 11 heteroatoms. The van der Waals surface area contributed by atoms with Crippen LogP contribution in [-0.4, -0.2) is 37.4 Å². The van der Waals surface area contributed by atoms with Gasteiger partial charge in [0.1, 0.15) is 5.69 Å². The Bertz CT molecular complexity index is 1020. The second kappa shape index (κ2) is 7.88. The highest BCUT2D eigenvalue weighted by molar-refractivity contribution is 5.96. The lowest BCUT2D eigenvalue weighted by molar-refractivity contribution is 0.0996. The molecule has 1 aromatic carbocycles. The fourth-order valence-corrected chi connectivity index (χ4v) is 2.35. The number of aliphatic hydroxyl groups is 1. The van der Waals surface area contributed by atoms with Gasteiger partial charge in [0, 0.05) is 18.0 Å². The summed E-state index contributed by atoms with van der Waals surface area (Å²) < 4.78 is 21.0. The Balaban J connectivity index is 1.96. The van der Waals surface area contributed by atoms with Gasteiger partial charge in [-0.25, -0.2) is 9.37 Å². The number of nitrogens with zero attached hydrogens (tertiary/aromatic N) is 4. The predicted octanol–water partition coefficient (Wildman–Crippen LogP) is 1.33. The number of halogens is 1. The van der Waals surface area contributed by atoms with Crippen molar-refractivity contribution >= 4 is 23.1 Å².